The van der Waals surface area contributed by atoms with Crippen LogP contribution in [0.5, 0.6) is 0 Å². The second-order valence-corrected chi connectivity index (χ2v) is 5.19. The predicted octanol–water partition coefficient (Wildman–Crippen LogP) is 4.80. The quantitative estimate of drug-likeness (QED) is 0.483. The number of rotatable bonds is 3. The van der Waals surface area contributed by atoms with E-state index >= 15 is 0 Å². The van der Waals surface area contributed by atoms with E-state index < -0.39 is 4.92 Å². The third-order valence-corrected chi connectivity index (χ3v) is 3.32. The van der Waals surface area contributed by atoms with Gasteiger partial charge in [-0.2, -0.15) is 0 Å². The zero-order valence-electron chi connectivity index (χ0n) is 9.23. The third-order valence-electron chi connectivity index (χ3n) is 2.22. The van der Waals surface area contributed by atoms with E-state index in [1.165, 1.54) is 12.1 Å². The molecule has 19 heavy (non-hydrogen) atoms. The molecule has 0 aliphatic rings. The van der Waals surface area contributed by atoms with Crippen LogP contribution in [0.2, 0.25) is 10.2 Å². The first-order valence-corrected chi connectivity index (χ1v) is 6.55. The first-order chi connectivity index (χ1) is 8.97. The summed E-state index contributed by atoms with van der Waals surface area (Å²) < 4.78 is 0.663. The lowest BCUT2D eigenvalue weighted by Gasteiger charge is -2.08. The van der Waals surface area contributed by atoms with Gasteiger partial charge >= 0.3 is 5.69 Å². The van der Waals surface area contributed by atoms with Crippen molar-refractivity contribution in [1.29, 1.82) is 0 Å². The summed E-state index contributed by atoms with van der Waals surface area (Å²) in [6.07, 6.45) is 0. The standard InChI is InChI=1S/C11H6BrCl2N3O2/c12-7-5-6(13)1-2-8(7)15-11-9(17(18)19)3-4-10(14)16-11/h1-5H,(H,15,16). The summed E-state index contributed by atoms with van der Waals surface area (Å²) in [7, 11) is 0. The molecule has 2 aromatic rings. The maximum Gasteiger partial charge on any atom is 0.311 e. The Morgan fingerprint density at radius 3 is 2.63 bits per heavy atom. The zero-order valence-corrected chi connectivity index (χ0v) is 12.3. The van der Waals surface area contributed by atoms with Crippen LogP contribution < -0.4 is 5.32 Å². The molecule has 0 fully saturated rings. The minimum Gasteiger partial charge on any atom is -0.333 e. The molecular weight excluding hydrogens is 357 g/mol. The van der Waals surface area contributed by atoms with Crippen LogP contribution in [0.15, 0.2) is 34.8 Å². The summed E-state index contributed by atoms with van der Waals surface area (Å²) in [6.45, 7) is 0. The molecule has 1 aromatic carbocycles. The van der Waals surface area contributed by atoms with Crippen LogP contribution in [0.4, 0.5) is 17.2 Å². The second kappa shape index (κ2) is 5.73. The Kier molecular flexibility index (Phi) is 4.24. The molecule has 0 atom stereocenters. The first kappa shape index (κ1) is 14.0. The van der Waals surface area contributed by atoms with Crippen molar-refractivity contribution < 1.29 is 4.92 Å². The number of nitrogens with zero attached hydrogens (tertiary/aromatic N) is 2. The van der Waals surface area contributed by atoms with Gasteiger partial charge in [-0.15, -0.1) is 0 Å². The van der Waals surface area contributed by atoms with Crippen LogP contribution in [-0.4, -0.2) is 9.91 Å². The Balaban J connectivity index is 2.42. The number of nitrogens with one attached hydrogen (secondary N) is 1. The SMILES string of the molecule is O=[N+]([O-])c1ccc(Cl)nc1Nc1ccc(Cl)cc1Br. The molecule has 8 heteroatoms. The molecule has 0 amide bonds. The number of benzene rings is 1. The van der Waals surface area contributed by atoms with Gasteiger partial charge in [0, 0.05) is 15.6 Å². The number of anilines is 2. The molecule has 0 aliphatic heterocycles. The molecule has 0 unspecified atom stereocenters. The normalized spacial score (nSPS) is 10.3. The number of aromatic nitrogens is 1. The average Bonchev–Trinajstić information content (AvgIpc) is 2.32. The fourth-order valence-corrected chi connectivity index (χ4v) is 2.32. The summed E-state index contributed by atoms with van der Waals surface area (Å²) in [5.41, 5.74) is 0.438. The molecule has 2 rings (SSSR count). The highest BCUT2D eigenvalue weighted by atomic mass is 79.9. The van der Waals surface area contributed by atoms with Crippen molar-refractivity contribution in [3.05, 3.63) is 55.1 Å². The molecular formula is C11H6BrCl2N3O2. The molecule has 98 valence electrons. The van der Waals surface area contributed by atoms with Crippen LogP contribution >= 0.6 is 39.1 Å². The van der Waals surface area contributed by atoms with E-state index in [1.807, 2.05) is 0 Å². The molecule has 1 N–H and O–H groups in total. The lowest BCUT2D eigenvalue weighted by molar-refractivity contribution is -0.384. The summed E-state index contributed by atoms with van der Waals surface area (Å²) in [4.78, 5) is 14.3. The van der Waals surface area contributed by atoms with E-state index in [9.17, 15) is 10.1 Å². The van der Waals surface area contributed by atoms with Gasteiger partial charge in [0.1, 0.15) is 5.15 Å². The Labute approximate surface area is 126 Å². The fourth-order valence-electron chi connectivity index (χ4n) is 1.39. The predicted molar refractivity (Wildman–Crippen MR) is 78.3 cm³/mol. The highest BCUT2D eigenvalue weighted by molar-refractivity contribution is 9.10. The molecule has 1 heterocycles. The van der Waals surface area contributed by atoms with Gasteiger partial charge in [0.2, 0.25) is 5.82 Å². The maximum absolute atomic E-state index is 10.9. The van der Waals surface area contributed by atoms with Gasteiger partial charge in [-0.3, -0.25) is 10.1 Å². The van der Waals surface area contributed by atoms with Crippen molar-refractivity contribution in [3.8, 4) is 0 Å². The minimum atomic E-state index is -0.532. The van der Waals surface area contributed by atoms with Crippen LogP contribution in [-0.2, 0) is 0 Å². The van der Waals surface area contributed by atoms with Gasteiger partial charge in [0.05, 0.1) is 10.6 Å². The van der Waals surface area contributed by atoms with E-state index in [0.29, 0.717) is 15.2 Å². The van der Waals surface area contributed by atoms with Crippen molar-refractivity contribution in [2.24, 2.45) is 0 Å². The monoisotopic (exact) mass is 361 g/mol. The van der Waals surface area contributed by atoms with E-state index in [4.69, 9.17) is 23.2 Å². The number of pyridine rings is 1. The molecule has 0 bridgehead atoms. The van der Waals surface area contributed by atoms with Crippen LogP contribution in [0, 0.1) is 10.1 Å². The molecule has 5 nitrogen and oxygen atoms in total. The topological polar surface area (TPSA) is 68.1 Å². The first-order valence-electron chi connectivity index (χ1n) is 5.00. The van der Waals surface area contributed by atoms with Crippen molar-refractivity contribution >= 4 is 56.3 Å². The molecule has 0 aliphatic carbocycles. The van der Waals surface area contributed by atoms with Crippen molar-refractivity contribution in [2.45, 2.75) is 0 Å². The van der Waals surface area contributed by atoms with Crippen molar-refractivity contribution in [1.82, 2.24) is 4.98 Å². The van der Waals surface area contributed by atoms with Gasteiger partial charge < -0.3 is 5.32 Å². The largest absolute Gasteiger partial charge is 0.333 e. The summed E-state index contributed by atoms with van der Waals surface area (Å²) in [5.74, 6) is 0.0699. The number of nitro groups is 1. The highest BCUT2D eigenvalue weighted by Crippen LogP contribution is 2.32. The molecule has 0 radical (unpaired) electrons. The molecule has 1 aromatic heterocycles. The van der Waals surface area contributed by atoms with Gasteiger partial charge in [0.25, 0.3) is 0 Å². The van der Waals surface area contributed by atoms with E-state index in [-0.39, 0.29) is 16.7 Å². The Morgan fingerprint density at radius 2 is 2.00 bits per heavy atom. The third kappa shape index (κ3) is 3.34. The Hall–Kier alpha value is -1.37. The van der Waals surface area contributed by atoms with E-state index in [2.05, 4.69) is 26.2 Å². The lowest BCUT2D eigenvalue weighted by Crippen LogP contribution is -2.00. The maximum atomic E-state index is 10.9. The zero-order chi connectivity index (χ0) is 14.0. The van der Waals surface area contributed by atoms with Gasteiger partial charge in [-0.1, -0.05) is 23.2 Å². The van der Waals surface area contributed by atoms with Gasteiger partial charge in [-0.25, -0.2) is 4.98 Å². The molecule has 0 spiro atoms. The summed E-state index contributed by atoms with van der Waals surface area (Å²) in [6, 6.07) is 7.66. The summed E-state index contributed by atoms with van der Waals surface area (Å²) >= 11 is 14.9. The number of hydrogen-bond acceptors (Lipinski definition) is 4. The smallest absolute Gasteiger partial charge is 0.311 e. The highest BCUT2D eigenvalue weighted by Gasteiger charge is 2.16. The fraction of sp³-hybridized carbons (Fsp3) is 0. The molecule has 0 saturated heterocycles. The van der Waals surface area contributed by atoms with Gasteiger partial charge in [-0.05, 0) is 40.2 Å². The Morgan fingerprint density at radius 1 is 1.26 bits per heavy atom. The van der Waals surface area contributed by atoms with Crippen LogP contribution in [0.1, 0.15) is 0 Å². The van der Waals surface area contributed by atoms with Gasteiger partial charge in [0.15, 0.2) is 0 Å². The number of halogens is 3. The Bertz CT molecular complexity index is 652. The van der Waals surface area contributed by atoms with Crippen LogP contribution in [0.25, 0.3) is 0 Å². The number of hydrogen-bond donors (Lipinski definition) is 1. The minimum absolute atomic E-state index is 0.0699. The molecule has 0 saturated carbocycles. The van der Waals surface area contributed by atoms with Crippen molar-refractivity contribution in [2.75, 3.05) is 5.32 Å². The average molecular weight is 363 g/mol. The van der Waals surface area contributed by atoms with Crippen molar-refractivity contribution in [3.63, 3.8) is 0 Å². The van der Waals surface area contributed by atoms with E-state index in [1.54, 1.807) is 18.2 Å². The lowest BCUT2D eigenvalue weighted by atomic mass is 10.3. The van der Waals surface area contributed by atoms with Crippen LogP contribution in [0.3, 0.4) is 0 Å². The summed E-state index contributed by atoms with van der Waals surface area (Å²) in [5, 5.41) is 14.5. The second-order valence-electron chi connectivity index (χ2n) is 3.51. The van der Waals surface area contributed by atoms with E-state index in [0.717, 1.165) is 0 Å².